The molecule has 0 unspecified atom stereocenters. The summed E-state index contributed by atoms with van der Waals surface area (Å²) in [5.74, 6) is -0.146. The molecule has 2 heterocycles. The van der Waals surface area contributed by atoms with Crippen molar-refractivity contribution in [2.75, 3.05) is 12.8 Å². The maximum Gasteiger partial charge on any atom is 0.325 e. The quantitative estimate of drug-likeness (QED) is 0.626. The number of urea groups is 1. The lowest BCUT2D eigenvalue weighted by Crippen LogP contribution is -2.66. The van der Waals surface area contributed by atoms with Crippen LogP contribution in [0.4, 0.5) is 10.6 Å². The minimum absolute atomic E-state index is 0.204. The number of nitrogens with two attached hydrogens (primary N) is 1. The zero-order valence-electron chi connectivity index (χ0n) is 15.4. The zero-order chi connectivity index (χ0) is 19.4. The number of imide groups is 1. The number of nitrogens with one attached hydrogen (secondary N) is 1. The lowest BCUT2D eigenvalue weighted by molar-refractivity contribution is -0.145. The third kappa shape index (κ3) is 3.97. The number of nitrogen functional groups attached to an aromatic ring is 1. The van der Waals surface area contributed by atoms with Crippen molar-refractivity contribution in [1.29, 1.82) is 0 Å². The van der Waals surface area contributed by atoms with Gasteiger partial charge in [0.1, 0.15) is 5.82 Å². The van der Waals surface area contributed by atoms with Crippen LogP contribution in [0.2, 0.25) is 0 Å². The number of hydrogen-bond acceptors (Lipinski definition) is 5. The van der Waals surface area contributed by atoms with Crippen LogP contribution in [0.3, 0.4) is 0 Å². The normalized spacial score (nSPS) is 20.4. The first-order valence-electron chi connectivity index (χ1n) is 8.82. The smallest absolute Gasteiger partial charge is 0.325 e. The van der Waals surface area contributed by atoms with Crippen LogP contribution in [-0.4, -0.2) is 41.1 Å². The molecule has 3 amide bonds. The molecule has 7 nitrogen and oxygen atoms in total. The number of carbonyl (C=O) groups is 2. The summed E-state index contributed by atoms with van der Waals surface area (Å²) in [4.78, 5) is 34.5. The van der Waals surface area contributed by atoms with E-state index < -0.39 is 6.03 Å². The number of nitrogens with zero attached hydrogens (tertiary/aromatic N) is 3. The zero-order valence-corrected chi connectivity index (χ0v) is 15.4. The fraction of sp³-hybridized carbons (Fsp3) is 0.300. The number of β-lactam (4-membered cyclic amide) rings is 1. The Morgan fingerprint density at radius 3 is 2.78 bits per heavy atom. The number of anilines is 1. The standard InChI is InChI=1S/C20H23N5O2/c1-13(15-6-4-3-5-7-15)24-20(27)25-17(12-22-2)16(19(25)26)10-14-8-9-23-18(21)11-14/h3-9,11-13,16-17H,10H2,1-2H3,(H2,21,23)(H,24,27)/t13-,16-,17-/m1/s1. The highest BCUT2D eigenvalue weighted by Gasteiger charge is 2.49. The van der Waals surface area contributed by atoms with E-state index in [0.717, 1.165) is 11.1 Å². The van der Waals surface area contributed by atoms with Gasteiger partial charge in [0.15, 0.2) is 0 Å². The van der Waals surface area contributed by atoms with Crippen LogP contribution in [0.15, 0.2) is 53.7 Å². The third-order valence-corrected chi connectivity index (χ3v) is 4.73. The molecule has 140 valence electrons. The van der Waals surface area contributed by atoms with E-state index in [0.29, 0.717) is 12.2 Å². The van der Waals surface area contributed by atoms with Crippen molar-refractivity contribution in [3.05, 3.63) is 59.8 Å². The predicted octanol–water partition coefficient (Wildman–Crippen LogP) is 2.20. The molecule has 7 heteroatoms. The summed E-state index contributed by atoms with van der Waals surface area (Å²) in [6, 6.07) is 12.2. The molecule has 3 atom stereocenters. The van der Waals surface area contributed by atoms with Gasteiger partial charge in [-0.25, -0.2) is 9.78 Å². The minimum atomic E-state index is -0.410. The van der Waals surface area contributed by atoms with Gasteiger partial charge in [-0.2, -0.15) is 0 Å². The molecule has 3 rings (SSSR count). The van der Waals surface area contributed by atoms with E-state index in [1.54, 1.807) is 25.5 Å². The monoisotopic (exact) mass is 365 g/mol. The number of hydrogen-bond donors (Lipinski definition) is 2. The van der Waals surface area contributed by atoms with Crippen LogP contribution in [-0.2, 0) is 11.2 Å². The Balaban J connectivity index is 1.70. The Bertz CT molecular complexity index is 852. The van der Waals surface area contributed by atoms with E-state index >= 15 is 0 Å². The largest absolute Gasteiger partial charge is 0.384 e. The molecule has 27 heavy (non-hydrogen) atoms. The number of rotatable bonds is 5. The summed E-state index contributed by atoms with van der Waals surface area (Å²) in [6.07, 6.45) is 3.74. The summed E-state index contributed by atoms with van der Waals surface area (Å²) < 4.78 is 0. The molecule has 3 N–H and O–H groups in total. The number of carbonyl (C=O) groups excluding carboxylic acids is 2. The highest BCUT2D eigenvalue weighted by Crippen LogP contribution is 2.30. The van der Waals surface area contributed by atoms with Crippen LogP contribution in [0.25, 0.3) is 0 Å². The maximum absolute atomic E-state index is 12.7. The maximum atomic E-state index is 12.7. The molecule has 0 radical (unpaired) electrons. The highest BCUT2D eigenvalue weighted by molar-refractivity contribution is 6.06. The van der Waals surface area contributed by atoms with Crippen LogP contribution < -0.4 is 11.1 Å². The third-order valence-electron chi connectivity index (χ3n) is 4.73. The molecule has 1 fully saturated rings. The molecular weight excluding hydrogens is 342 g/mol. The Kier molecular flexibility index (Phi) is 5.49. The van der Waals surface area contributed by atoms with E-state index in [4.69, 9.17) is 5.73 Å². The lowest BCUT2D eigenvalue weighted by atomic mass is 9.83. The number of amides is 3. The molecule has 2 aromatic rings. The molecule has 1 aliphatic rings. The van der Waals surface area contributed by atoms with Gasteiger partial charge >= 0.3 is 6.03 Å². The fourth-order valence-electron chi connectivity index (χ4n) is 3.29. The van der Waals surface area contributed by atoms with Crippen LogP contribution in [0.1, 0.15) is 24.1 Å². The summed E-state index contributed by atoms with van der Waals surface area (Å²) in [7, 11) is 1.63. The van der Waals surface area contributed by atoms with E-state index in [1.807, 2.05) is 43.3 Å². The van der Waals surface area contributed by atoms with Crippen molar-refractivity contribution in [2.24, 2.45) is 10.9 Å². The van der Waals surface area contributed by atoms with Gasteiger partial charge in [0.05, 0.1) is 18.0 Å². The van der Waals surface area contributed by atoms with Crippen LogP contribution in [0.5, 0.6) is 0 Å². The second kappa shape index (κ2) is 7.99. The first-order valence-corrected chi connectivity index (χ1v) is 8.82. The van der Waals surface area contributed by atoms with Gasteiger partial charge in [-0.15, -0.1) is 0 Å². The van der Waals surface area contributed by atoms with Gasteiger partial charge in [-0.05, 0) is 36.6 Å². The van der Waals surface area contributed by atoms with Gasteiger partial charge in [0, 0.05) is 19.5 Å². The van der Waals surface area contributed by atoms with Gasteiger partial charge in [-0.3, -0.25) is 14.7 Å². The van der Waals surface area contributed by atoms with Crippen molar-refractivity contribution in [3.63, 3.8) is 0 Å². The molecular formula is C20H23N5O2. The van der Waals surface area contributed by atoms with Crippen molar-refractivity contribution < 1.29 is 9.59 Å². The van der Waals surface area contributed by atoms with E-state index in [2.05, 4.69) is 15.3 Å². The second-order valence-electron chi connectivity index (χ2n) is 6.59. The SMILES string of the molecule is CN=C[C@@H]1[C@@H](Cc2ccnc(N)c2)C(=O)N1C(=O)N[C@H](C)c1ccccc1. The fourth-order valence-corrected chi connectivity index (χ4v) is 3.29. The number of aromatic nitrogens is 1. The molecule has 1 aromatic carbocycles. The first kappa shape index (κ1) is 18.6. The Morgan fingerprint density at radius 1 is 1.37 bits per heavy atom. The topological polar surface area (TPSA) is 101 Å². The Labute approximate surface area is 158 Å². The van der Waals surface area contributed by atoms with Crippen molar-refractivity contribution in [1.82, 2.24) is 15.2 Å². The lowest BCUT2D eigenvalue weighted by Gasteiger charge is -2.44. The Hall–Kier alpha value is -3.22. The van der Waals surface area contributed by atoms with Crippen molar-refractivity contribution >= 4 is 24.0 Å². The predicted molar refractivity (Wildman–Crippen MR) is 104 cm³/mol. The summed E-state index contributed by atoms with van der Waals surface area (Å²) in [5, 5.41) is 2.88. The molecule has 0 spiro atoms. The molecule has 1 saturated heterocycles. The van der Waals surface area contributed by atoms with Gasteiger partial charge in [-0.1, -0.05) is 30.3 Å². The average molecular weight is 365 g/mol. The van der Waals surface area contributed by atoms with Crippen molar-refractivity contribution in [2.45, 2.75) is 25.4 Å². The first-order chi connectivity index (χ1) is 13.0. The summed E-state index contributed by atoms with van der Waals surface area (Å²) >= 11 is 0. The summed E-state index contributed by atoms with van der Waals surface area (Å²) in [6.45, 7) is 1.89. The average Bonchev–Trinajstić information content (AvgIpc) is 2.66. The molecule has 0 saturated carbocycles. The molecule has 0 aliphatic carbocycles. The molecule has 1 aliphatic heterocycles. The Morgan fingerprint density at radius 2 is 2.11 bits per heavy atom. The van der Waals surface area contributed by atoms with Gasteiger partial charge < -0.3 is 11.1 Å². The summed E-state index contributed by atoms with van der Waals surface area (Å²) in [5.41, 5.74) is 7.60. The van der Waals surface area contributed by atoms with Crippen molar-refractivity contribution in [3.8, 4) is 0 Å². The number of likely N-dealkylation sites (tertiary alicyclic amines) is 1. The van der Waals surface area contributed by atoms with E-state index in [9.17, 15) is 9.59 Å². The van der Waals surface area contributed by atoms with Crippen LogP contribution >= 0.6 is 0 Å². The number of benzene rings is 1. The molecule has 0 bridgehead atoms. The minimum Gasteiger partial charge on any atom is -0.384 e. The second-order valence-corrected chi connectivity index (χ2v) is 6.59. The van der Waals surface area contributed by atoms with Gasteiger partial charge in [0.25, 0.3) is 0 Å². The van der Waals surface area contributed by atoms with Gasteiger partial charge in [0.2, 0.25) is 5.91 Å². The van der Waals surface area contributed by atoms with E-state index in [1.165, 1.54) is 4.90 Å². The van der Waals surface area contributed by atoms with Crippen LogP contribution in [0, 0.1) is 5.92 Å². The molecule has 1 aromatic heterocycles. The number of pyridine rings is 1. The number of aliphatic imine (C=N–C) groups is 1. The highest BCUT2D eigenvalue weighted by atomic mass is 16.2. The van der Waals surface area contributed by atoms with E-state index in [-0.39, 0.29) is 23.9 Å².